The number of hydrogen-bond donors (Lipinski definition) is 1. The second-order valence-electron chi connectivity index (χ2n) is 5.88. The first-order chi connectivity index (χ1) is 10.9. The van der Waals surface area contributed by atoms with Gasteiger partial charge in [0.2, 0.25) is 11.8 Å². The molecule has 0 aromatic heterocycles. The molecular formula is C17H21F2NO3. The molecule has 0 unspecified atom stereocenters. The van der Waals surface area contributed by atoms with E-state index in [0.29, 0.717) is 0 Å². The van der Waals surface area contributed by atoms with Gasteiger partial charge >= 0.3 is 5.97 Å². The van der Waals surface area contributed by atoms with Crippen molar-refractivity contribution in [2.75, 3.05) is 7.11 Å². The number of amides is 1. The third-order valence-corrected chi connectivity index (χ3v) is 4.20. The van der Waals surface area contributed by atoms with E-state index in [2.05, 4.69) is 10.1 Å². The van der Waals surface area contributed by atoms with Crippen LogP contribution in [-0.2, 0) is 14.3 Å². The van der Waals surface area contributed by atoms with E-state index in [0.717, 1.165) is 5.56 Å². The summed E-state index contributed by atoms with van der Waals surface area (Å²) >= 11 is 0. The van der Waals surface area contributed by atoms with Crippen molar-refractivity contribution in [3.63, 3.8) is 0 Å². The van der Waals surface area contributed by atoms with Gasteiger partial charge in [-0.3, -0.25) is 9.59 Å². The number of nitrogens with one attached hydrogen (secondary N) is 1. The van der Waals surface area contributed by atoms with E-state index in [4.69, 9.17) is 0 Å². The number of carbonyl (C=O) groups excluding carboxylic acids is 2. The van der Waals surface area contributed by atoms with Crippen molar-refractivity contribution in [1.29, 1.82) is 0 Å². The molecule has 0 saturated heterocycles. The molecule has 0 heterocycles. The molecule has 1 atom stereocenters. The fraction of sp³-hybridized carbons (Fsp3) is 0.529. The summed E-state index contributed by atoms with van der Waals surface area (Å²) in [6, 6.07) is 8.56. The SMILES string of the molecule is COC(=O)C[C@@H](NC(=O)C1CCC(F)(F)CC1)c1ccccc1. The lowest BCUT2D eigenvalue weighted by atomic mass is 9.86. The molecule has 2 rings (SSSR count). The minimum atomic E-state index is -2.67. The Bertz CT molecular complexity index is 538. The molecule has 126 valence electrons. The molecule has 1 aromatic carbocycles. The Morgan fingerprint density at radius 1 is 1.26 bits per heavy atom. The Hall–Kier alpha value is -1.98. The molecule has 4 nitrogen and oxygen atoms in total. The zero-order valence-corrected chi connectivity index (χ0v) is 13.1. The number of hydrogen-bond acceptors (Lipinski definition) is 3. The molecule has 1 saturated carbocycles. The zero-order chi connectivity index (χ0) is 16.9. The van der Waals surface area contributed by atoms with Crippen LogP contribution in [0.15, 0.2) is 30.3 Å². The summed E-state index contributed by atoms with van der Waals surface area (Å²) in [5, 5.41) is 2.81. The lowest BCUT2D eigenvalue weighted by Gasteiger charge is -2.29. The van der Waals surface area contributed by atoms with Crippen LogP contribution in [0.25, 0.3) is 0 Å². The van der Waals surface area contributed by atoms with E-state index in [-0.39, 0.29) is 38.0 Å². The summed E-state index contributed by atoms with van der Waals surface area (Å²) in [6.07, 6.45) is -0.192. The van der Waals surface area contributed by atoms with Crippen LogP contribution in [0, 0.1) is 5.92 Å². The molecule has 1 aromatic rings. The van der Waals surface area contributed by atoms with E-state index in [1.807, 2.05) is 30.3 Å². The van der Waals surface area contributed by atoms with Gasteiger partial charge in [-0.2, -0.15) is 0 Å². The molecule has 0 radical (unpaired) electrons. The number of carbonyl (C=O) groups is 2. The van der Waals surface area contributed by atoms with Gasteiger partial charge in [0.25, 0.3) is 0 Å². The number of rotatable bonds is 5. The Morgan fingerprint density at radius 2 is 1.87 bits per heavy atom. The predicted molar refractivity (Wildman–Crippen MR) is 80.9 cm³/mol. The van der Waals surface area contributed by atoms with Gasteiger partial charge in [-0.25, -0.2) is 8.78 Å². The summed E-state index contributed by atoms with van der Waals surface area (Å²) in [4.78, 5) is 23.9. The van der Waals surface area contributed by atoms with Crippen molar-refractivity contribution in [2.45, 2.75) is 44.1 Å². The third-order valence-electron chi connectivity index (χ3n) is 4.20. The number of halogens is 2. The smallest absolute Gasteiger partial charge is 0.307 e. The lowest BCUT2D eigenvalue weighted by Crippen LogP contribution is -2.38. The van der Waals surface area contributed by atoms with Crippen LogP contribution in [0.4, 0.5) is 8.78 Å². The standard InChI is InChI=1S/C17H21F2NO3/c1-23-15(21)11-14(12-5-3-2-4-6-12)20-16(22)13-7-9-17(18,19)10-8-13/h2-6,13-14H,7-11H2,1H3,(H,20,22)/t14-/m1/s1. The molecule has 6 heteroatoms. The van der Waals surface area contributed by atoms with Gasteiger partial charge in [0.15, 0.2) is 0 Å². The minimum Gasteiger partial charge on any atom is -0.469 e. The van der Waals surface area contributed by atoms with Gasteiger partial charge in [0.05, 0.1) is 19.6 Å². The summed E-state index contributed by atoms with van der Waals surface area (Å²) in [5.41, 5.74) is 0.785. The van der Waals surface area contributed by atoms with E-state index >= 15 is 0 Å². The van der Waals surface area contributed by atoms with Crippen molar-refractivity contribution in [3.05, 3.63) is 35.9 Å². The average Bonchev–Trinajstić information content (AvgIpc) is 2.54. The van der Waals surface area contributed by atoms with E-state index < -0.39 is 23.9 Å². The van der Waals surface area contributed by atoms with Crippen LogP contribution in [0.2, 0.25) is 0 Å². The van der Waals surface area contributed by atoms with Crippen LogP contribution in [-0.4, -0.2) is 24.9 Å². The van der Waals surface area contributed by atoms with Gasteiger partial charge in [0.1, 0.15) is 0 Å². The number of ether oxygens (including phenoxy) is 1. The third kappa shape index (κ3) is 5.01. The minimum absolute atomic E-state index is 0.00906. The predicted octanol–water partition coefficient (Wildman–Crippen LogP) is 3.23. The quantitative estimate of drug-likeness (QED) is 0.846. The highest BCUT2D eigenvalue weighted by Crippen LogP contribution is 2.36. The van der Waals surface area contributed by atoms with Gasteiger partial charge in [-0.05, 0) is 18.4 Å². The second-order valence-corrected chi connectivity index (χ2v) is 5.88. The van der Waals surface area contributed by atoms with Crippen LogP contribution in [0.3, 0.4) is 0 Å². The molecule has 1 aliphatic carbocycles. The lowest BCUT2D eigenvalue weighted by molar-refractivity contribution is -0.141. The van der Waals surface area contributed by atoms with Crippen LogP contribution in [0.5, 0.6) is 0 Å². The van der Waals surface area contributed by atoms with Crippen molar-refractivity contribution >= 4 is 11.9 Å². The largest absolute Gasteiger partial charge is 0.469 e. The summed E-state index contributed by atoms with van der Waals surface area (Å²) < 4.78 is 31.1. The Balaban J connectivity index is 2.02. The van der Waals surface area contributed by atoms with E-state index in [1.165, 1.54) is 7.11 Å². The number of esters is 1. The van der Waals surface area contributed by atoms with Crippen LogP contribution < -0.4 is 5.32 Å². The summed E-state index contributed by atoms with van der Waals surface area (Å²) in [6.45, 7) is 0. The van der Waals surface area contributed by atoms with Crippen molar-refractivity contribution in [3.8, 4) is 0 Å². The molecule has 0 spiro atoms. The number of methoxy groups -OCH3 is 1. The topological polar surface area (TPSA) is 55.4 Å². The highest BCUT2D eigenvalue weighted by molar-refractivity contribution is 5.80. The maximum absolute atomic E-state index is 13.2. The molecule has 1 fully saturated rings. The molecule has 1 amide bonds. The molecule has 1 aliphatic rings. The first-order valence-corrected chi connectivity index (χ1v) is 7.71. The van der Waals surface area contributed by atoms with Crippen molar-refractivity contribution in [1.82, 2.24) is 5.32 Å². The highest BCUT2D eigenvalue weighted by Gasteiger charge is 2.37. The van der Waals surface area contributed by atoms with E-state index in [9.17, 15) is 18.4 Å². The average molecular weight is 325 g/mol. The van der Waals surface area contributed by atoms with Crippen LogP contribution in [0.1, 0.15) is 43.7 Å². The molecule has 0 aliphatic heterocycles. The fourth-order valence-corrected chi connectivity index (χ4v) is 2.78. The van der Waals surface area contributed by atoms with Crippen molar-refractivity contribution < 1.29 is 23.1 Å². The highest BCUT2D eigenvalue weighted by atomic mass is 19.3. The second kappa shape index (κ2) is 7.53. The van der Waals surface area contributed by atoms with Gasteiger partial charge in [-0.1, -0.05) is 30.3 Å². The van der Waals surface area contributed by atoms with Gasteiger partial charge in [-0.15, -0.1) is 0 Å². The Labute approximate surface area is 134 Å². The zero-order valence-electron chi connectivity index (χ0n) is 13.1. The Morgan fingerprint density at radius 3 is 2.43 bits per heavy atom. The van der Waals surface area contributed by atoms with Gasteiger partial charge in [0, 0.05) is 18.8 Å². The number of benzene rings is 1. The molecule has 0 bridgehead atoms. The fourth-order valence-electron chi connectivity index (χ4n) is 2.78. The molecule has 23 heavy (non-hydrogen) atoms. The maximum atomic E-state index is 13.2. The summed E-state index contributed by atoms with van der Waals surface area (Å²) in [5.74, 6) is -3.81. The first-order valence-electron chi connectivity index (χ1n) is 7.71. The maximum Gasteiger partial charge on any atom is 0.307 e. The normalized spacial score (nSPS) is 18.9. The van der Waals surface area contributed by atoms with Crippen molar-refractivity contribution in [2.24, 2.45) is 5.92 Å². The van der Waals surface area contributed by atoms with Gasteiger partial charge < -0.3 is 10.1 Å². The molecular weight excluding hydrogens is 304 g/mol. The number of alkyl halides is 2. The Kier molecular flexibility index (Phi) is 5.69. The first kappa shape index (κ1) is 17.4. The monoisotopic (exact) mass is 325 g/mol. The van der Waals surface area contributed by atoms with E-state index in [1.54, 1.807) is 0 Å². The van der Waals surface area contributed by atoms with Crippen LogP contribution >= 0.6 is 0 Å². The molecule has 1 N–H and O–H groups in total. The summed E-state index contributed by atoms with van der Waals surface area (Å²) in [7, 11) is 1.29.